The van der Waals surface area contributed by atoms with Crippen LogP contribution in [0.1, 0.15) is 46.5 Å². The van der Waals surface area contributed by atoms with E-state index in [4.69, 9.17) is 1.41 Å². The van der Waals surface area contributed by atoms with E-state index in [9.17, 15) is 4.79 Å². The number of carbonyl (C=O) groups excluding carboxylic acids is 1. The van der Waals surface area contributed by atoms with Gasteiger partial charge in [0.05, 0.1) is 6.04 Å². The molecule has 3 N–H and O–H groups in total. The monoisotopic (exact) mass is 287 g/mol. The van der Waals surface area contributed by atoms with Crippen LogP contribution in [-0.2, 0) is 4.79 Å². The summed E-state index contributed by atoms with van der Waals surface area (Å²) in [5.74, 6) is 2.75. The first-order valence-electron chi connectivity index (χ1n) is 7.96. The van der Waals surface area contributed by atoms with Crippen molar-refractivity contribution >= 4 is 17.7 Å². The van der Waals surface area contributed by atoms with Crippen molar-refractivity contribution in [3.63, 3.8) is 0 Å². The van der Waals surface area contributed by atoms with Gasteiger partial charge in [-0.3, -0.25) is 4.79 Å². The zero-order chi connectivity index (χ0) is 15.1. The molecule has 3 nitrogen and oxygen atoms in total. The van der Waals surface area contributed by atoms with Crippen molar-refractivity contribution in [2.24, 2.45) is 23.5 Å². The van der Waals surface area contributed by atoms with Gasteiger partial charge in [0, 0.05) is 6.04 Å². The Morgan fingerprint density at radius 1 is 1.53 bits per heavy atom. The van der Waals surface area contributed by atoms with Crippen molar-refractivity contribution in [2.75, 3.05) is 12.0 Å². The first-order chi connectivity index (χ1) is 9.49. The highest BCUT2D eigenvalue weighted by molar-refractivity contribution is 7.98. The van der Waals surface area contributed by atoms with Crippen LogP contribution >= 0.6 is 11.8 Å². The van der Waals surface area contributed by atoms with Crippen molar-refractivity contribution in [3.8, 4) is 0 Å². The minimum Gasteiger partial charge on any atom is -0.352 e. The molecule has 0 aromatic carbocycles. The van der Waals surface area contributed by atoms with Crippen molar-refractivity contribution in [1.82, 2.24) is 5.32 Å². The van der Waals surface area contributed by atoms with Crippen LogP contribution in [0.3, 0.4) is 0 Å². The smallest absolute Gasteiger partial charge is 0.237 e. The molecule has 4 atom stereocenters. The summed E-state index contributed by atoms with van der Waals surface area (Å²) in [5, 5.41) is 3.21. The molecule has 0 heterocycles. The molecule has 0 saturated heterocycles. The lowest BCUT2D eigenvalue weighted by Gasteiger charge is -2.38. The van der Waals surface area contributed by atoms with Gasteiger partial charge in [-0.05, 0) is 49.0 Å². The summed E-state index contributed by atoms with van der Waals surface area (Å²) in [6, 6.07) is -0.108. The molecule has 0 aromatic heterocycles. The molecular formula is C15H30N2OS. The number of hydrogen-bond acceptors (Lipinski definition) is 3. The molecule has 3 unspecified atom stereocenters. The van der Waals surface area contributed by atoms with Crippen molar-refractivity contribution in [1.29, 1.82) is 0 Å². The average molecular weight is 287 g/mol. The van der Waals surface area contributed by atoms with E-state index in [1.165, 1.54) is 12.8 Å². The van der Waals surface area contributed by atoms with Crippen LogP contribution in [0.4, 0.5) is 0 Å². The summed E-state index contributed by atoms with van der Waals surface area (Å²) < 4.78 is 7.34. The van der Waals surface area contributed by atoms with Gasteiger partial charge in [0.2, 0.25) is 5.91 Å². The van der Waals surface area contributed by atoms with Crippen LogP contribution in [0.5, 0.6) is 0 Å². The summed E-state index contributed by atoms with van der Waals surface area (Å²) in [7, 11) is 0. The summed E-state index contributed by atoms with van der Waals surface area (Å²) in [6.45, 7) is 6.76. The lowest BCUT2D eigenvalue weighted by molar-refractivity contribution is -0.124. The molecule has 0 aliphatic heterocycles. The third-order valence-electron chi connectivity index (χ3n) is 4.28. The van der Waals surface area contributed by atoms with E-state index in [0.29, 0.717) is 24.2 Å². The molecular weight excluding hydrogens is 256 g/mol. The highest BCUT2D eigenvalue weighted by atomic mass is 32.2. The number of thioether (sulfide) groups is 1. The minimum absolute atomic E-state index is 0.00111. The zero-order valence-corrected chi connectivity index (χ0v) is 13.6. The summed E-state index contributed by atoms with van der Waals surface area (Å²) >= 11 is 1.71. The lowest BCUT2D eigenvalue weighted by Crippen LogP contribution is -2.51. The van der Waals surface area contributed by atoms with E-state index in [0.717, 1.165) is 12.2 Å². The topological polar surface area (TPSA) is 55.1 Å². The fourth-order valence-electron chi connectivity index (χ4n) is 3.02. The van der Waals surface area contributed by atoms with Crippen LogP contribution in [0.15, 0.2) is 0 Å². The average Bonchev–Trinajstić information content (AvgIpc) is 2.39. The Hall–Kier alpha value is -0.220. The second-order valence-electron chi connectivity index (χ2n) is 6.28. The van der Waals surface area contributed by atoms with Crippen LogP contribution in [-0.4, -0.2) is 30.0 Å². The van der Waals surface area contributed by atoms with Gasteiger partial charge in [-0.1, -0.05) is 27.2 Å². The Labute approximate surface area is 123 Å². The van der Waals surface area contributed by atoms with E-state index in [-0.39, 0.29) is 18.0 Å². The number of amides is 1. The maximum absolute atomic E-state index is 12.3. The van der Waals surface area contributed by atoms with Crippen molar-refractivity contribution in [2.45, 2.75) is 58.5 Å². The normalized spacial score (nSPS) is 29.9. The van der Waals surface area contributed by atoms with Gasteiger partial charge in [0.15, 0.2) is 0 Å². The van der Waals surface area contributed by atoms with E-state index in [1.54, 1.807) is 11.8 Å². The second-order valence-corrected chi connectivity index (χ2v) is 7.26. The Balaban J connectivity index is 2.59. The predicted octanol–water partition coefficient (Wildman–Crippen LogP) is 2.64. The van der Waals surface area contributed by atoms with Crippen molar-refractivity contribution in [3.05, 3.63) is 0 Å². The van der Waals surface area contributed by atoms with E-state index in [2.05, 4.69) is 31.8 Å². The molecule has 1 aliphatic carbocycles. The van der Waals surface area contributed by atoms with Crippen molar-refractivity contribution < 1.29 is 6.21 Å². The summed E-state index contributed by atoms with van der Waals surface area (Å²) in [4.78, 5) is 12.3. The van der Waals surface area contributed by atoms with E-state index < -0.39 is 0 Å². The lowest BCUT2D eigenvalue weighted by atomic mass is 9.74. The van der Waals surface area contributed by atoms with Gasteiger partial charge in [0.25, 0.3) is 0 Å². The molecule has 19 heavy (non-hydrogen) atoms. The summed E-state index contributed by atoms with van der Waals surface area (Å²) in [6.07, 6.45) is 6.28. The number of nitrogens with two attached hydrogens (primary N) is 1. The molecule has 1 amide bonds. The van der Waals surface area contributed by atoms with Gasteiger partial charge in [-0.2, -0.15) is 11.8 Å². The third kappa shape index (κ3) is 5.35. The number of rotatable bonds is 7. The zero-order valence-electron chi connectivity index (χ0n) is 13.7. The van der Waals surface area contributed by atoms with Crippen LogP contribution in [0.25, 0.3) is 0 Å². The summed E-state index contributed by atoms with van der Waals surface area (Å²) in [5.41, 5.74) is 2.41. The van der Waals surface area contributed by atoms with Gasteiger partial charge in [-0.15, -0.1) is 0 Å². The van der Waals surface area contributed by atoms with Gasteiger partial charge >= 0.3 is 0 Å². The first kappa shape index (κ1) is 15.2. The maximum Gasteiger partial charge on any atom is 0.237 e. The fraction of sp³-hybridized carbons (Fsp3) is 0.933. The van der Waals surface area contributed by atoms with Gasteiger partial charge in [0.1, 0.15) is 1.41 Å². The van der Waals surface area contributed by atoms with Crippen LogP contribution < -0.4 is 11.0 Å². The Kier molecular flexibility index (Phi) is 6.51. The van der Waals surface area contributed by atoms with E-state index in [1.807, 2.05) is 6.26 Å². The Morgan fingerprint density at radius 2 is 2.26 bits per heavy atom. The molecule has 4 heteroatoms. The number of nitrogens with one attached hydrogen (secondary N) is 1. The molecule has 1 fully saturated rings. The van der Waals surface area contributed by atoms with Gasteiger partial charge < -0.3 is 11.0 Å². The third-order valence-corrected chi connectivity index (χ3v) is 4.92. The molecule has 1 aliphatic rings. The molecule has 112 valence electrons. The number of hydrogen-bond donors (Lipinski definition) is 2. The van der Waals surface area contributed by atoms with Crippen LogP contribution in [0.2, 0.25) is 1.41 Å². The first-order valence-corrected chi connectivity index (χ1v) is 8.85. The maximum atomic E-state index is 12.3. The van der Waals surface area contributed by atoms with Crippen LogP contribution in [0, 0.1) is 17.8 Å². The Bertz CT molecular complexity index is 302. The highest BCUT2D eigenvalue weighted by Gasteiger charge is 2.32. The fourth-order valence-corrected chi connectivity index (χ4v) is 3.49. The molecule has 0 aromatic rings. The predicted molar refractivity (Wildman–Crippen MR) is 84.2 cm³/mol. The minimum atomic E-state index is -0.382. The largest absolute Gasteiger partial charge is 0.352 e. The highest BCUT2D eigenvalue weighted by Crippen LogP contribution is 2.33. The standard InChI is InChI=1S/C15H30N2OS/c1-10(2)12-6-5-11(3)9-14(12)17-15(18)13(16)7-8-19-4/h10-14H,5-9,16H2,1-4H3,(H,17,18)/t11?,12?,13-,14?/m0/s1/i/hD. The molecule has 0 bridgehead atoms. The SMILES string of the molecule is [2H]N[C@@H](CCSC)C(=O)NC1CC(C)CCC1C(C)C. The number of carbonyl (C=O) groups is 1. The second kappa shape index (κ2) is 8.15. The molecule has 0 radical (unpaired) electrons. The molecule has 1 rings (SSSR count). The quantitative estimate of drug-likeness (QED) is 0.757. The molecule has 1 saturated carbocycles. The van der Waals surface area contributed by atoms with Gasteiger partial charge in [-0.25, -0.2) is 0 Å². The Morgan fingerprint density at radius 3 is 2.84 bits per heavy atom. The molecule has 0 spiro atoms. The van der Waals surface area contributed by atoms with E-state index >= 15 is 0 Å².